The summed E-state index contributed by atoms with van der Waals surface area (Å²) in [6.07, 6.45) is 11.6. The minimum absolute atomic E-state index is 0.510. The van der Waals surface area contributed by atoms with Gasteiger partial charge in [-0.2, -0.15) is 5.26 Å². The number of hydrogen-bond acceptors (Lipinski definition) is 5. The molecule has 1 saturated heterocycles. The van der Waals surface area contributed by atoms with Crippen molar-refractivity contribution in [1.29, 1.82) is 5.26 Å². The molecule has 6 heteroatoms. The molecule has 0 spiro atoms. The summed E-state index contributed by atoms with van der Waals surface area (Å²) in [5, 5.41) is 14.5. The highest BCUT2D eigenvalue weighted by atomic mass is 16.5. The predicted molar refractivity (Wildman–Crippen MR) is 150 cm³/mol. The molecule has 6 nitrogen and oxygen atoms in total. The van der Waals surface area contributed by atoms with Crippen LogP contribution in [-0.4, -0.2) is 41.6 Å². The molecule has 4 aromatic rings. The summed E-state index contributed by atoms with van der Waals surface area (Å²) in [5.74, 6) is 1.75. The summed E-state index contributed by atoms with van der Waals surface area (Å²) in [7, 11) is 2.22. The molecule has 0 amide bonds. The van der Waals surface area contributed by atoms with Crippen molar-refractivity contribution in [2.45, 2.75) is 39.0 Å². The van der Waals surface area contributed by atoms with E-state index in [4.69, 9.17) is 4.74 Å². The first kappa shape index (κ1) is 24.9. The van der Waals surface area contributed by atoms with E-state index in [2.05, 4.69) is 52.4 Å². The normalized spacial score (nSPS) is 14.5. The quantitative estimate of drug-likeness (QED) is 0.244. The number of ether oxygens (including phenoxy) is 1. The number of nitrogens with one attached hydrogen (secondary N) is 2. The van der Waals surface area contributed by atoms with Crippen LogP contribution in [0.15, 0.2) is 61.1 Å². The van der Waals surface area contributed by atoms with Gasteiger partial charge in [0, 0.05) is 40.7 Å². The summed E-state index contributed by atoms with van der Waals surface area (Å²) in [4.78, 5) is 10.0. The van der Waals surface area contributed by atoms with E-state index in [1.807, 2.05) is 42.7 Å². The molecule has 0 aliphatic carbocycles. The van der Waals surface area contributed by atoms with Gasteiger partial charge in [0.15, 0.2) is 0 Å². The fourth-order valence-electron chi connectivity index (χ4n) is 5.26. The Balaban J connectivity index is 1.24. The number of pyridine rings is 1. The number of aromatic amines is 1. The van der Waals surface area contributed by atoms with Gasteiger partial charge in [0.25, 0.3) is 0 Å². The first-order valence-corrected chi connectivity index (χ1v) is 13.3. The Bertz CT molecular complexity index is 1380. The molecular formula is C31H35N5O. The van der Waals surface area contributed by atoms with E-state index in [1.165, 1.54) is 38.8 Å². The van der Waals surface area contributed by atoms with Crippen molar-refractivity contribution in [2.75, 3.05) is 32.1 Å². The van der Waals surface area contributed by atoms with Crippen molar-refractivity contribution in [1.82, 2.24) is 14.9 Å². The number of rotatable bonds is 9. The molecule has 0 saturated carbocycles. The van der Waals surface area contributed by atoms with Gasteiger partial charge in [0.1, 0.15) is 11.8 Å². The molecule has 2 aromatic carbocycles. The summed E-state index contributed by atoms with van der Waals surface area (Å²) >= 11 is 0. The van der Waals surface area contributed by atoms with Crippen LogP contribution in [0, 0.1) is 24.2 Å². The van der Waals surface area contributed by atoms with E-state index in [-0.39, 0.29) is 0 Å². The van der Waals surface area contributed by atoms with Gasteiger partial charge in [0.05, 0.1) is 17.9 Å². The zero-order valence-electron chi connectivity index (χ0n) is 21.8. The SMILES string of the molecule is Cc1c(Nc2c(C#N)cncc2-c2ccc(OCCCCC3CCN(C)CC3)cc2)ccc2[nH]ccc12. The van der Waals surface area contributed by atoms with E-state index in [0.717, 1.165) is 63.7 Å². The van der Waals surface area contributed by atoms with Crippen LogP contribution in [0.3, 0.4) is 0 Å². The topological polar surface area (TPSA) is 77.0 Å². The number of aromatic nitrogens is 2. The molecule has 190 valence electrons. The van der Waals surface area contributed by atoms with Gasteiger partial charge < -0.3 is 19.9 Å². The van der Waals surface area contributed by atoms with E-state index in [9.17, 15) is 5.26 Å². The van der Waals surface area contributed by atoms with Crippen molar-refractivity contribution in [3.05, 3.63) is 72.2 Å². The van der Waals surface area contributed by atoms with E-state index in [0.29, 0.717) is 5.56 Å². The van der Waals surface area contributed by atoms with Gasteiger partial charge in [-0.25, -0.2) is 0 Å². The molecule has 1 fully saturated rings. The van der Waals surface area contributed by atoms with E-state index >= 15 is 0 Å². The molecule has 1 aliphatic rings. The van der Waals surface area contributed by atoms with E-state index < -0.39 is 0 Å². The number of hydrogen-bond donors (Lipinski definition) is 2. The highest BCUT2D eigenvalue weighted by Crippen LogP contribution is 2.35. The molecule has 0 radical (unpaired) electrons. The third-order valence-corrected chi connectivity index (χ3v) is 7.61. The summed E-state index contributed by atoms with van der Waals surface area (Å²) in [6, 6.07) is 16.6. The number of likely N-dealkylation sites (tertiary alicyclic amines) is 1. The maximum atomic E-state index is 9.80. The second-order valence-corrected chi connectivity index (χ2v) is 10.1. The first-order chi connectivity index (χ1) is 18.1. The number of fused-ring (bicyclic) bond motifs is 1. The molecule has 2 aromatic heterocycles. The Morgan fingerprint density at radius 2 is 1.89 bits per heavy atom. The number of aryl methyl sites for hydroxylation is 1. The monoisotopic (exact) mass is 493 g/mol. The molecule has 5 rings (SSSR count). The van der Waals surface area contributed by atoms with Gasteiger partial charge in [-0.05, 0) is 100 Å². The molecule has 0 atom stereocenters. The van der Waals surface area contributed by atoms with E-state index in [1.54, 1.807) is 6.20 Å². The molecular weight excluding hydrogens is 458 g/mol. The Morgan fingerprint density at radius 3 is 2.68 bits per heavy atom. The maximum Gasteiger partial charge on any atom is 0.119 e. The second kappa shape index (κ2) is 11.5. The van der Waals surface area contributed by atoms with Crippen LogP contribution in [0.2, 0.25) is 0 Å². The standard InChI is InChI=1S/C31H35N5O/c1-22-27-12-15-34-30(27)11-10-29(22)35-31-25(19-32)20-33-21-28(31)24-6-8-26(9-7-24)37-18-4-3-5-23-13-16-36(2)17-14-23/h6-12,15,20-21,23,34H,3-5,13-14,16-18H2,1-2H3,(H,33,35). The Hall–Kier alpha value is -3.82. The van der Waals surface area contributed by atoms with Gasteiger partial charge in [-0.1, -0.05) is 18.6 Å². The lowest BCUT2D eigenvalue weighted by Gasteiger charge is -2.28. The molecule has 0 unspecified atom stereocenters. The third kappa shape index (κ3) is 5.79. The highest BCUT2D eigenvalue weighted by molar-refractivity contribution is 5.91. The number of unbranched alkanes of at least 4 members (excludes halogenated alkanes) is 1. The van der Waals surface area contributed by atoms with Crippen LogP contribution in [0.25, 0.3) is 22.0 Å². The number of nitrogens with zero attached hydrogens (tertiary/aromatic N) is 3. The molecule has 1 aliphatic heterocycles. The van der Waals surface area contributed by atoms with Gasteiger partial charge >= 0.3 is 0 Å². The zero-order chi connectivity index (χ0) is 25.6. The minimum atomic E-state index is 0.510. The Morgan fingerprint density at radius 1 is 1.08 bits per heavy atom. The predicted octanol–water partition coefficient (Wildman–Crippen LogP) is 7.04. The van der Waals surface area contributed by atoms with Gasteiger partial charge in [-0.3, -0.25) is 4.98 Å². The van der Waals surface area contributed by atoms with Gasteiger partial charge in [0.2, 0.25) is 0 Å². The summed E-state index contributed by atoms with van der Waals surface area (Å²) in [6.45, 7) is 5.30. The average molecular weight is 494 g/mol. The van der Waals surface area contributed by atoms with Crippen LogP contribution >= 0.6 is 0 Å². The molecule has 2 N–H and O–H groups in total. The zero-order valence-corrected chi connectivity index (χ0v) is 21.8. The summed E-state index contributed by atoms with van der Waals surface area (Å²) < 4.78 is 6.03. The Labute approximate surface area is 219 Å². The minimum Gasteiger partial charge on any atom is -0.494 e. The fourth-order valence-corrected chi connectivity index (χ4v) is 5.26. The lowest BCUT2D eigenvalue weighted by atomic mass is 9.92. The second-order valence-electron chi connectivity index (χ2n) is 10.1. The fraction of sp³-hybridized carbons (Fsp3) is 0.355. The number of H-pyrrole nitrogens is 1. The molecule has 0 bridgehead atoms. The van der Waals surface area contributed by atoms with Crippen molar-refractivity contribution >= 4 is 22.3 Å². The lowest BCUT2D eigenvalue weighted by molar-refractivity contribution is 0.206. The van der Waals surface area contributed by atoms with Crippen LogP contribution in [0.1, 0.15) is 43.2 Å². The lowest BCUT2D eigenvalue weighted by Crippen LogP contribution is -2.30. The third-order valence-electron chi connectivity index (χ3n) is 7.61. The summed E-state index contributed by atoms with van der Waals surface area (Å²) in [5.41, 5.74) is 6.34. The van der Waals surface area contributed by atoms with Crippen LogP contribution in [0.5, 0.6) is 5.75 Å². The number of benzene rings is 2. The Kier molecular flexibility index (Phi) is 7.72. The number of anilines is 2. The van der Waals surface area contributed by atoms with Crippen molar-refractivity contribution in [3.63, 3.8) is 0 Å². The van der Waals surface area contributed by atoms with Gasteiger partial charge in [-0.15, -0.1) is 0 Å². The molecule has 37 heavy (non-hydrogen) atoms. The van der Waals surface area contributed by atoms with Crippen molar-refractivity contribution in [3.8, 4) is 22.9 Å². The van der Waals surface area contributed by atoms with Crippen molar-refractivity contribution in [2.24, 2.45) is 5.92 Å². The highest BCUT2D eigenvalue weighted by Gasteiger charge is 2.16. The smallest absolute Gasteiger partial charge is 0.119 e. The maximum absolute atomic E-state index is 9.80. The van der Waals surface area contributed by atoms with Crippen LogP contribution < -0.4 is 10.1 Å². The van der Waals surface area contributed by atoms with Crippen LogP contribution in [0.4, 0.5) is 11.4 Å². The first-order valence-electron chi connectivity index (χ1n) is 13.3. The number of nitriles is 1. The largest absolute Gasteiger partial charge is 0.494 e. The van der Waals surface area contributed by atoms with Crippen LogP contribution in [-0.2, 0) is 0 Å². The average Bonchev–Trinajstić information content (AvgIpc) is 3.41. The van der Waals surface area contributed by atoms with Crippen molar-refractivity contribution < 1.29 is 4.74 Å². The molecule has 3 heterocycles. The number of piperidine rings is 1.